The summed E-state index contributed by atoms with van der Waals surface area (Å²) >= 11 is 4.52. The van der Waals surface area contributed by atoms with Crippen LogP contribution in [0.3, 0.4) is 0 Å². The first-order valence-electron chi connectivity index (χ1n) is 6.98. The van der Waals surface area contributed by atoms with Crippen molar-refractivity contribution < 1.29 is 8.42 Å². The molecule has 1 aromatic heterocycles. The lowest BCUT2D eigenvalue weighted by atomic mass is 10.0. The van der Waals surface area contributed by atoms with Gasteiger partial charge in [-0.05, 0) is 67.3 Å². The van der Waals surface area contributed by atoms with Crippen molar-refractivity contribution in [2.75, 3.05) is 19.6 Å². The smallest absolute Gasteiger partial charge is 0.250 e. The molecule has 2 rings (SSSR count). The summed E-state index contributed by atoms with van der Waals surface area (Å²) in [4.78, 5) is 2.46. The van der Waals surface area contributed by atoms with Crippen LogP contribution in [0.5, 0.6) is 0 Å². The van der Waals surface area contributed by atoms with Gasteiger partial charge in [0.1, 0.15) is 4.21 Å². The van der Waals surface area contributed by atoms with Gasteiger partial charge in [-0.15, -0.1) is 11.3 Å². The van der Waals surface area contributed by atoms with Crippen molar-refractivity contribution in [1.82, 2.24) is 9.62 Å². The fourth-order valence-electron chi connectivity index (χ4n) is 2.49. The molecule has 1 fully saturated rings. The summed E-state index contributed by atoms with van der Waals surface area (Å²) in [7, 11) is -3.34. The second-order valence-corrected chi connectivity index (χ2v) is 9.65. The summed E-state index contributed by atoms with van der Waals surface area (Å²) in [5.41, 5.74) is 0. The topological polar surface area (TPSA) is 49.4 Å². The van der Waals surface area contributed by atoms with Crippen LogP contribution >= 0.6 is 27.3 Å². The molecule has 0 amide bonds. The first kappa shape index (κ1) is 16.4. The van der Waals surface area contributed by atoms with Gasteiger partial charge in [0.2, 0.25) is 10.0 Å². The van der Waals surface area contributed by atoms with Crippen LogP contribution in [-0.4, -0.2) is 39.0 Å². The van der Waals surface area contributed by atoms with E-state index in [0.717, 1.165) is 23.3 Å². The number of rotatable bonds is 6. The Morgan fingerprint density at radius 2 is 2.25 bits per heavy atom. The number of hydrogen-bond donors (Lipinski definition) is 1. The molecule has 0 spiro atoms. The second-order valence-electron chi connectivity index (χ2n) is 5.19. The van der Waals surface area contributed by atoms with Crippen LogP contribution in [0.25, 0.3) is 0 Å². The highest BCUT2D eigenvalue weighted by Gasteiger charge is 2.19. The zero-order valence-electron chi connectivity index (χ0n) is 11.6. The molecule has 114 valence electrons. The summed E-state index contributed by atoms with van der Waals surface area (Å²) < 4.78 is 27.9. The van der Waals surface area contributed by atoms with Crippen LogP contribution in [0.4, 0.5) is 0 Å². The lowest BCUT2D eigenvalue weighted by molar-refractivity contribution is 0.159. The number of thiophene rings is 1. The van der Waals surface area contributed by atoms with E-state index in [4.69, 9.17) is 0 Å². The minimum atomic E-state index is -3.34. The maximum Gasteiger partial charge on any atom is 0.250 e. The number of nitrogens with one attached hydrogen (secondary N) is 1. The van der Waals surface area contributed by atoms with E-state index in [1.165, 1.54) is 30.6 Å². The minimum absolute atomic E-state index is 0.371. The molecule has 0 radical (unpaired) electrons. The molecule has 1 unspecified atom stereocenters. The highest BCUT2D eigenvalue weighted by atomic mass is 79.9. The molecule has 4 nitrogen and oxygen atoms in total. The summed E-state index contributed by atoms with van der Waals surface area (Å²) in [6.45, 7) is 4.87. The van der Waals surface area contributed by atoms with Gasteiger partial charge in [-0.25, -0.2) is 13.1 Å². The minimum Gasteiger partial charge on any atom is -0.301 e. The Bertz CT molecular complexity index is 530. The molecule has 0 saturated carbocycles. The summed E-state index contributed by atoms with van der Waals surface area (Å²) in [6.07, 6.45) is 4.70. The second kappa shape index (κ2) is 7.35. The van der Waals surface area contributed by atoms with Gasteiger partial charge in [0.15, 0.2) is 0 Å². The third-order valence-electron chi connectivity index (χ3n) is 3.67. The number of sulfonamides is 1. The number of halogens is 1. The van der Waals surface area contributed by atoms with E-state index in [1.54, 1.807) is 12.1 Å². The van der Waals surface area contributed by atoms with Gasteiger partial charge in [-0.2, -0.15) is 0 Å². The Balaban J connectivity index is 1.75. The molecular weight excluding hydrogens is 360 g/mol. The van der Waals surface area contributed by atoms with Gasteiger partial charge in [-0.3, -0.25) is 0 Å². The van der Waals surface area contributed by atoms with Crippen LogP contribution in [0.1, 0.15) is 32.6 Å². The lowest BCUT2D eigenvalue weighted by Gasteiger charge is -2.33. The molecule has 1 atom stereocenters. The fraction of sp³-hybridized carbons (Fsp3) is 0.692. The molecule has 0 aliphatic carbocycles. The number of hydrogen-bond acceptors (Lipinski definition) is 4. The molecule has 1 aliphatic heterocycles. The third kappa shape index (κ3) is 4.53. The predicted molar refractivity (Wildman–Crippen MR) is 86.7 cm³/mol. The maximum atomic E-state index is 12.0. The average Bonchev–Trinajstić information content (AvgIpc) is 2.84. The predicted octanol–water partition coefficient (Wildman–Crippen LogP) is 3.05. The van der Waals surface area contributed by atoms with E-state index in [2.05, 4.69) is 32.5 Å². The monoisotopic (exact) mass is 380 g/mol. The van der Waals surface area contributed by atoms with Crippen LogP contribution < -0.4 is 4.72 Å². The highest BCUT2D eigenvalue weighted by molar-refractivity contribution is 9.11. The lowest BCUT2D eigenvalue weighted by Crippen LogP contribution is -2.39. The molecule has 2 heterocycles. The summed E-state index contributed by atoms with van der Waals surface area (Å²) in [5, 5.41) is 0. The van der Waals surface area contributed by atoms with Gasteiger partial charge in [0.25, 0.3) is 0 Å². The standard InChI is InChI=1S/C13H21BrN2O2S2/c1-11-5-2-3-9-16(11)10-4-8-15-20(17,18)13-7-6-12(14)19-13/h6-7,11,15H,2-5,8-10H2,1H3. The van der Waals surface area contributed by atoms with Crippen molar-refractivity contribution in [2.24, 2.45) is 0 Å². The summed E-state index contributed by atoms with van der Waals surface area (Å²) in [5.74, 6) is 0. The molecule has 1 aromatic rings. The molecular formula is C13H21BrN2O2S2. The number of likely N-dealkylation sites (tertiary alicyclic amines) is 1. The van der Waals surface area contributed by atoms with Gasteiger partial charge >= 0.3 is 0 Å². The molecule has 1 N–H and O–H groups in total. The van der Waals surface area contributed by atoms with Gasteiger partial charge in [-0.1, -0.05) is 6.42 Å². The van der Waals surface area contributed by atoms with Gasteiger partial charge < -0.3 is 4.90 Å². The van der Waals surface area contributed by atoms with E-state index in [9.17, 15) is 8.42 Å². The van der Waals surface area contributed by atoms with Gasteiger partial charge in [0.05, 0.1) is 3.79 Å². The van der Waals surface area contributed by atoms with E-state index in [1.807, 2.05) is 0 Å². The van der Waals surface area contributed by atoms with Crippen molar-refractivity contribution in [3.8, 4) is 0 Å². The van der Waals surface area contributed by atoms with Crippen molar-refractivity contribution in [3.05, 3.63) is 15.9 Å². The van der Waals surface area contributed by atoms with Crippen LogP contribution in [-0.2, 0) is 10.0 Å². The molecule has 7 heteroatoms. The van der Waals surface area contributed by atoms with Crippen molar-refractivity contribution in [2.45, 2.75) is 42.9 Å². The van der Waals surface area contributed by atoms with Crippen LogP contribution in [0.15, 0.2) is 20.1 Å². The fourth-order valence-corrected chi connectivity index (χ4v) is 5.62. The van der Waals surface area contributed by atoms with E-state index in [0.29, 0.717) is 16.8 Å². The number of nitrogens with zero attached hydrogens (tertiary/aromatic N) is 1. The Labute approximate surface area is 133 Å². The van der Waals surface area contributed by atoms with Gasteiger partial charge in [0, 0.05) is 12.6 Å². The zero-order valence-corrected chi connectivity index (χ0v) is 14.9. The zero-order chi connectivity index (χ0) is 14.6. The average molecular weight is 381 g/mol. The van der Waals surface area contributed by atoms with Crippen molar-refractivity contribution in [1.29, 1.82) is 0 Å². The highest BCUT2D eigenvalue weighted by Crippen LogP contribution is 2.25. The summed E-state index contributed by atoms with van der Waals surface area (Å²) in [6, 6.07) is 4.02. The Hall–Kier alpha value is 0.0500. The van der Waals surface area contributed by atoms with E-state index >= 15 is 0 Å². The first-order chi connectivity index (χ1) is 9.49. The first-order valence-corrected chi connectivity index (χ1v) is 10.1. The quantitative estimate of drug-likeness (QED) is 0.771. The molecule has 1 saturated heterocycles. The van der Waals surface area contributed by atoms with E-state index < -0.39 is 10.0 Å². The Kier molecular flexibility index (Phi) is 6.04. The third-order valence-corrected chi connectivity index (χ3v) is 7.24. The van der Waals surface area contributed by atoms with Crippen LogP contribution in [0.2, 0.25) is 0 Å². The molecule has 0 aromatic carbocycles. The number of piperidine rings is 1. The Morgan fingerprint density at radius 1 is 1.45 bits per heavy atom. The Morgan fingerprint density at radius 3 is 2.90 bits per heavy atom. The van der Waals surface area contributed by atoms with Crippen molar-refractivity contribution >= 4 is 37.3 Å². The van der Waals surface area contributed by atoms with Crippen molar-refractivity contribution in [3.63, 3.8) is 0 Å². The largest absolute Gasteiger partial charge is 0.301 e. The van der Waals surface area contributed by atoms with Crippen LogP contribution in [0, 0.1) is 0 Å². The molecule has 20 heavy (non-hydrogen) atoms. The molecule has 0 bridgehead atoms. The maximum absolute atomic E-state index is 12.0. The van der Waals surface area contributed by atoms with E-state index in [-0.39, 0.29) is 0 Å². The molecule has 1 aliphatic rings. The SMILES string of the molecule is CC1CCCCN1CCCNS(=O)(=O)c1ccc(Br)s1. The normalized spacial score (nSPS) is 21.2.